The summed E-state index contributed by atoms with van der Waals surface area (Å²) in [5.41, 5.74) is 0. The van der Waals surface area contributed by atoms with E-state index < -0.39 is 6.10 Å². The van der Waals surface area contributed by atoms with Gasteiger partial charge in [0.2, 0.25) is 0 Å². The van der Waals surface area contributed by atoms with Gasteiger partial charge >= 0.3 is 0 Å². The summed E-state index contributed by atoms with van der Waals surface area (Å²) in [7, 11) is 0. The molecule has 0 radical (unpaired) electrons. The molecule has 3 unspecified atom stereocenters. The van der Waals surface area contributed by atoms with Crippen LogP contribution in [-0.2, 0) is 4.74 Å². The zero-order valence-electron chi connectivity index (χ0n) is 9.10. The second kappa shape index (κ2) is 5.17. The van der Waals surface area contributed by atoms with Crippen molar-refractivity contribution in [3.05, 3.63) is 28.7 Å². The number of para-hydroxylation sites is 1. The van der Waals surface area contributed by atoms with Crippen LogP contribution in [0.25, 0.3) is 0 Å². The molecule has 1 saturated carbocycles. The molecule has 0 aromatic heterocycles. The molecular formula is C12H15BrO3. The van der Waals surface area contributed by atoms with Crippen LogP contribution in [0.2, 0.25) is 0 Å². The van der Waals surface area contributed by atoms with Crippen molar-refractivity contribution in [2.24, 2.45) is 0 Å². The van der Waals surface area contributed by atoms with E-state index in [9.17, 15) is 5.11 Å². The Kier molecular flexibility index (Phi) is 3.84. The van der Waals surface area contributed by atoms with Gasteiger partial charge in [-0.1, -0.05) is 12.1 Å². The van der Waals surface area contributed by atoms with Crippen molar-refractivity contribution in [2.45, 2.75) is 31.7 Å². The largest absolute Gasteiger partial charge is 0.486 e. The van der Waals surface area contributed by atoms with Crippen molar-refractivity contribution in [2.75, 3.05) is 6.61 Å². The molecule has 1 fully saturated rings. The van der Waals surface area contributed by atoms with Gasteiger partial charge in [-0.2, -0.15) is 0 Å². The average Bonchev–Trinajstić information content (AvgIpc) is 2.28. The van der Waals surface area contributed by atoms with E-state index in [1.54, 1.807) is 0 Å². The molecule has 0 saturated heterocycles. The second-order valence-electron chi connectivity index (χ2n) is 3.81. The number of aliphatic hydroxyl groups excluding tert-OH is 1. The van der Waals surface area contributed by atoms with Gasteiger partial charge in [-0.15, -0.1) is 0 Å². The quantitative estimate of drug-likeness (QED) is 0.924. The van der Waals surface area contributed by atoms with Gasteiger partial charge in [0, 0.05) is 13.0 Å². The monoisotopic (exact) mass is 286 g/mol. The van der Waals surface area contributed by atoms with Gasteiger partial charge in [0.1, 0.15) is 18.0 Å². The molecule has 1 aromatic carbocycles. The maximum atomic E-state index is 9.54. The van der Waals surface area contributed by atoms with Crippen LogP contribution in [0.15, 0.2) is 28.7 Å². The van der Waals surface area contributed by atoms with Crippen LogP contribution < -0.4 is 4.74 Å². The number of aliphatic hydroxyl groups is 1. The summed E-state index contributed by atoms with van der Waals surface area (Å²) in [5, 5.41) is 9.54. The van der Waals surface area contributed by atoms with Crippen LogP contribution >= 0.6 is 15.9 Å². The van der Waals surface area contributed by atoms with Crippen molar-refractivity contribution in [1.29, 1.82) is 0 Å². The Morgan fingerprint density at radius 1 is 1.44 bits per heavy atom. The number of benzene rings is 1. The number of ether oxygens (including phenoxy) is 2. The van der Waals surface area contributed by atoms with Crippen molar-refractivity contribution in [1.82, 2.24) is 0 Å². The third kappa shape index (κ3) is 2.39. The van der Waals surface area contributed by atoms with Crippen LogP contribution in [0, 0.1) is 0 Å². The zero-order chi connectivity index (χ0) is 11.5. The first-order valence-electron chi connectivity index (χ1n) is 5.43. The molecule has 0 aliphatic heterocycles. The topological polar surface area (TPSA) is 38.7 Å². The molecule has 0 spiro atoms. The fourth-order valence-corrected chi connectivity index (χ4v) is 2.17. The summed E-state index contributed by atoms with van der Waals surface area (Å²) in [6.07, 6.45) is -0.00961. The van der Waals surface area contributed by atoms with Gasteiger partial charge < -0.3 is 14.6 Å². The Bertz CT molecular complexity index is 356. The van der Waals surface area contributed by atoms with E-state index in [0.29, 0.717) is 13.0 Å². The average molecular weight is 287 g/mol. The van der Waals surface area contributed by atoms with E-state index >= 15 is 0 Å². The molecular weight excluding hydrogens is 272 g/mol. The highest BCUT2D eigenvalue weighted by molar-refractivity contribution is 9.10. The summed E-state index contributed by atoms with van der Waals surface area (Å²) in [5.74, 6) is 0.795. The zero-order valence-corrected chi connectivity index (χ0v) is 10.7. The lowest BCUT2D eigenvalue weighted by molar-refractivity contribution is -0.160. The van der Waals surface area contributed by atoms with E-state index in [1.165, 1.54) is 0 Å². The minimum absolute atomic E-state index is 0.0475. The molecule has 1 aromatic rings. The molecule has 88 valence electrons. The molecule has 16 heavy (non-hydrogen) atoms. The molecule has 1 N–H and O–H groups in total. The summed E-state index contributed by atoms with van der Waals surface area (Å²) >= 11 is 3.42. The fourth-order valence-electron chi connectivity index (χ4n) is 1.79. The molecule has 2 rings (SSSR count). The summed E-state index contributed by atoms with van der Waals surface area (Å²) in [6.45, 7) is 2.51. The van der Waals surface area contributed by atoms with E-state index in [1.807, 2.05) is 31.2 Å². The fraction of sp³-hybridized carbons (Fsp3) is 0.500. The third-order valence-corrected chi connectivity index (χ3v) is 3.35. The van der Waals surface area contributed by atoms with Crippen LogP contribution in [0.4, 0.5) is 0 Å². The number of hydrogen-bond acceptors (Lipinski definition) is 3. The molecule has 4 heteroatoms. The first kappa shape index (κ1) is 11.9. The Hall–Kier alpha value is -0.580. The highest BCUT2D eigenvalue weighted by Gasteiger charge is 2.42. The van der Waals surface area contributed by atoms with E-state index in [4.69, 9.17) is 9.47 Å². The standard InChI is InChI=1S/C12H15BrO3/c1-2-15-12-9(14)7-11(12)16-10-6-4-3-5-8(10)13/h3-6,9,11-12,14H,2,7H2,1H3. The first-order valence-corrected chi connectivity index (χ1v) is 6.22. The lowest BCUT2D eigenvalue weighted by Crippen LogP contribution is -2.55. The number of halogens is 1. The predicted molar refractivity (Wildman–Crippen MR) is 64.6 cm³/mol. The van der Waals surface area contributed by atoms with Gasteiger partial charge in [0.05, 0.1) is 10.6 Å². The highest BCUT2D eigenvalue weighted by Crippen LogP contribution is 2.32. The SMILES string of the molecule is CCOC1C(O)CC1Oc1ccccc1Br. The summed E-state index contributed by atoms with van der Waals surface area (Å²) in [6, 6.07) is 7.69. The maximum absolute atomic E-state index is 9.54. The van der Waals surface area contributed by atoms with Crippen LogP contribution in [0.5, 0.6) is 5.75 Å². The van der Waals surface area contributed by atoms with E-state index in [0.717, 1.165) is 10.2 Å². The molecule has 0 bridgehead atoms. The van der Waals surface area contributed by atoms with Crippen molar-refractivity contribution >= 4 is 15.9 Å². The first-order chi connectivity index (χ1) is 7.72. The van der Waals surface area contributed by atoms with Gasteiger partial charge in [-0.25, -0.2) is 0 Å². The van der Waals surface area contributed by atoms with Gasteiger partial charge in [0.25, 0.3) is 0 Å². The van der Waals surface area contributed by atoms with Crippen LogP contribution in [0.1, 0.15) is 13.3 Å². The Morgan fingerprint density at radius 3 is 2.81 bits per heavy atom. The van der Waals surface area contributed by atoms with Gasteiger partial charge in [-0.3, -0.25) is 0 Å². The Labute approximate surface area is 104 Å². The van der Waals surface area contributed by atoms with Crippen LogP contribution in [0.3, 0.4) is 0 Å². The molecule has 1 aliphatic rings. The summed E-state index contributed by atoms with van der Waals surface area (Å²) in [4.78, 5) is 0. The Morgan fingerprint density at radius 2 is 2.19 bits per heavy atom. The van der Waals surface area contributed by atoms with Crippen LogP contribution in [-0.4, -0.2) is 30.0 Å². The highest BCUT2D eigenvalue weighted by atomic mass is 79.9. The molecule has 1 aliphatic carbocycles. The lowest BCUT2D eigenvalue weighted by Gasteiger charge is -2.40. The Balaban J connectivity index is 1.98. The third-order valence-electron chi connectivity index (χ3n) is 2.69. The molecule has 0 heterocycles. The maximum Gasteiger partial charge on any atom is 0.134 e. The van der Waals surface area contributed by atoms with E-state index in [2.05, 4.69) is 15.9 Å². The van der Waals surface area contributed by atoms with Gasteiger partial charge in [-0.05, 0) is 35.0 Å². The second-order valence-corrected chi connectivity index (χ2v) is 4.66. The van der Waals surface area contributed by atoms with Crippen molar-refractivity contribution in [3.8, 4) is 5.75 Å². The van der Waals surface area contributed by atoms with Crippen molar-refractivity contribution in [3.63, 3.8) is 0 Å². The molecule has 3 atom stereocenters. The molecule has 3 nitrogen and oxygen atoms in total. The normalized spacial score (nSPS) is 28.6. The molecule has 0 amide bonds. The minimum Gasteiger partial charge on any atom is -0.486 e. The van der Waals surface area contributed by atoms with Gasteiger partial charge in [0.15, 0.2) is 0 Å². The predicted octanol–water partition coefficient (Wildman–Crippen LogP) is 2.37. The summed E-state index contributed by atoms with van der Waals surface area (Å²) < 4.78 is 12.1. The number of hydrogen-bond donors (Lipinski definition) is 1. The number of rotatable bonds is 4. The van der Waals surface area contributed by atoms with E-state index in [-0.39, 0.29) is 12.2 Å². The lowest BCUT2D eigenvalue weighted by atomic mass is 9.88. The van der Waals surface area contributed by atoms with Crippen molar-refractivity contribution < 1.29 is 14.6 Å². The smallest absolute Gasteiger partial charge is 0.134 e. The minimum atomic E-state index is -0.396.